The van der Waals surface area contributed by atoms with Crippen LogP contribution in [0, 0.1) is 5.82 Å². The van der Waals surface area contributed by atoms with Gasteiger partial charge in [-0.1, -0.05) is 48.5 Å². The van der Waals surface area contributed by atoms with Gasteiger partial charge >= 0.3 is 0 Å². The van der Waals surface area contributed by atoms with Gasteiger partial charge in [-0.2, -0.15) is 0 Å². The number of fused-ring (bicyclic) bond motifs is 1. The Morgan fingerprint density at radius 3 is 2.20 bits per heavy atom. The molecule has 1 saturated heterocycles. The summed E-state index contributed by atoms with van der Waals surface area (Å²) in [6.07, 6.45) is 2.17. The van der Waals surface area contributed by atoms with Crippen LogP contribution in [-0.4, -0.2) is 31.2 Å². The Morgan fingerprint density at radius 2 is 1.43 bits per heavy atom. The summed E-state index contributed by atoms with van der Waals surface area (Å²) in [5, 5.41) is 1.34. The highest BCUT2D eigenvalue weighted by molar-refractivity contribution is 5.82. The topological polar surface area (TPSA) is 24.7 Å². The minimum Gasteiger partial charge on any atom is -0.361 e. The first-order valence-corrected chi connectivity index (χ1v) is 10.8. The normalized spacial score (nSPS) is 20.3. The average molecular weight is 402 g/mol. The molecule has 0 unspecified atom stereocenters. The van der Waals surface area contributed by atoms with Crippen LogP contribution in [0.1, 0.15) is 22.7 Å². The van der Waals surface area contributed by atoms with E-state index in [4.69, 9.17) is 0 Å². The van der Waals surface area contributed by atoms with Crippen LogP contribution in [0.2, 0.25) is 0 Å². The SMILES string of the molecule is Fc1ccc([C@H](c2ccccc2)[NH+]2CC[NH+](Cc3c[nH]c4ccccc34)CC2)cc1. The third kappa shape index (κ3) is 3.89. The average Bonchev–Trinajstić information content (AvgIpc) is 3.20. The molecule has 1 aliphatic heterocycles. The molecule has 0 spiro atoms. The summed E-state index contributed by atoms with van der Waals surface area (Å²) in [7, 11) is 0. The minimum atomic E-state index is -0.173. The van der Waals surface area contributed by atoms with Gasteiger partial charge in [0.1, 0.15) is 44.6 Å². The predicted octanol–water partition coefficient (Wildman–Crippen LogP) is 2.38. The Hall–Kier alpha value is -2.95. The minimum absolute atomic E-state index is 0.173. The quantitative estimate of drug-likeness (QED) is 0.458. The number of para-hydroxylation sites is 1. The summed E-state index contributed by atoms with van der Waals surface area (Å²) in [5.74, 6) is -0.173. The van der Waals surface area contributed by atoms with Crippen LogP contribution in [0.3, 0.4) is 0 Å². The van der Waals surface area contributed by atoms with Crippen molar-refractivity contribution in [1.82, 2.24) is 4.98 Å². The van der Waals surface area contributed by atoms with Gasteiger partial charge in [-0.25, -0.2) is 4.39 Å². The van der Waals surface area contributed by atoms with Gasteiger partial charge < -0.3 is 14.8 Å². The molecule has 1 aliphatic rings. The second-order valence-corrected chi connectivity index (χ2v) is 8.34. The van der Waals surface area contributed by atoms with E-state index in [9.17, 15) is 4.39 Å². The molecule has 1 aromatic heterocycles. The largest absolute Gasteiger partial charge is 0.361 e. The van der Waals surface area contributed by atoms with Crippen molar-refractivity contribution in [3.63, 3.8) is 0 Å². The fourth-order valence-corrected chi connectivity index (χ4v) is 4.90. The van der Waals surface area contributed by atoms with Gasteiger partial charge in [-0.3, -0.25) is 0 Å². The van der Waals surface area contributed by atoms with E-state index in [1.165, 1.54) is 27.6 Å². The molecule has 0 bridgehead atoms. The van der Waals surface area contributed by atoms with E-state index in [0.717, 1.165) is 32.7 Å². The number of rotatable bonds is 5. The van der Waals surface area contributed by atoms with Crippen molar-refractivity contribution in [3.8, 4) is 0 Å². The number of halogens is 1. The van der Waals surface area contributed by atoms with Gasteiger partial charge in [-0.15, -0.1) is 0 Å². The number of piperazine rings is 1. The first-order valence-electron chi connectivity index (χ1n) is 10.8. The molecule has 0 radical (unpaired) electrons. The standard InChI is InChI=1S/C26H26FN3/c27-23-12-10-21(11-13-23)26(20-6-2-1-3-7-20)30-16-14-29(15-17-30)19-22-18-28-25-9-5-4-8-24(22)25/h1-13,18,26,28H,14-17,19H2/p+2/t26-/m0/s1. The Balaban J connectivity index is 1.32. The number of H-pyrrole nitrogens is 1. The molecule has 1 fully saturated rings. The number of quaternary nitrogens is 2. The van der Waals surface area contributed by atoms with E-state index < -0.39 is 0 Å². The third-order valence-corrected chi connectivity index (χ3v) is 6.46. The van der Waals surface area contributed by atoms with Crippen LogP contribution in [0.4, 0.5) is 4.39 Å². The van der Waals surface area contributed by atoms with Crippen LogP contribution in [0.5, 0.6) is 0 Å². The summed E-state index contributed by atoms with van der Waals surface area (Å²) in [6.45, 7) is 5.55. The zero-order chi connectivity index (χ0) is 20.3. The molecule has 30 heavy (non-hydrogen) atoms. The van der Waals surface area contributed by atoms with E-state index in [-0.39, 0.29) is 11.9 Å². The highest BCUT2D eigenvalue weighted by atomic mass is 19.1. The molecular weight excluding hydrogens is 373 g/mol. The van der Waals surface area contributed by atoms with Crippen LogP contribution in [0.25, 0.3) is 10.9 Å². The Morgan fingerprint density at radius 1 is 0.767 bits per heavy atom. The molecule has 3 N–H and O–H groups in total. The molecule has 3 aromatic carbocycles. The smallest absolute Gasteiger partial charge is 0.139 e. The highest BCUT2D eigenvalue weighted by Crippen LogP contribution is 2.20. The maximum atomic E-state index is 13.5. The lowest BCUT2D eigenvalue weighted by Gasteiger charge is -2.35. The van der Waals surface area contributed by atoms with Crippen molar-refractivity contribution < 1.29 is 14.2 Å². The molecule has 0 aliphatic carbocycles. The molecule has 5 rings (SSSR count). The van der Waals surface area contributed by atoms with Crippen molar-refractivity contribution >= 4 is 10.9 Å². The molecule has 152 valence electrons. The highest BCUT2D eigenvalue weighted by Gasteiger charge is 2.32. The van der Waals surface area contributed by atoms with Crippen molar-refractivity contribution in [2.45, 2.75) is 12.6 Å². The molecule has 4 heteroatoms. The van der Waals surface area contributed by atoms with Gasteiger partial charge in [0.25, 0.3) is 0 Å². The number of benzene rings is 3. The molecule has 0 amide bonds. The van der Waals surface area contributed by atoms with E-state index in [1.807, 2.05) is 12.1 Å². The fraction of sp³-hybridized carbons (Fsp3) is 0.231. The zero-order valence-corrected chi connectivity index (χ0v) is 17.1. The molecular formula is C26H28FN3+2. The maximum Gasteiger partial charge on any atom is 0.139 e. The summed E-state index contributed by atoms with van der Waals surface area (Å²) in [5.41, 5.74) is 5.12. The number of nitrogens with one attached hydrogen (secondary N) is 3. The van der Waals surface area contributed by atoms with Crippen molar-refractivity contribution in [3.05, 3.63) is 108 Å². The Bertz CT molecular complexity index is 1100. The summed E-state index contributed by atoms with van der Waals surface area (Å²) in [6, 6.07) is 26.5. The lowest BCUT2D eigenvalue weighted by molar-refractivity contribution is -1.03. The predicted molar refractivity (Wildman–Crippen MR) is 118 cm³/mol. The first-order chi connectivity index (χ1) is 14.8. The lowest BCUT2D eigenvalue weighted by Crippen LogP contribution is -3.27. The van der Waals surface area contributed by atoms with Gasteiger partial charge in [0.05, 0.1) is 0 Å². The second-order valence-electron chi connectivity index (χ2n) is 8.34. The number of hydrogen-bond acceptors (Lipinski definition) is 0. The molecule has 4 aromatic rings. The Kier molecular flexibility index (Phi) is 5.35. The van der Waals surface area contributed by atoms with Crippen LogP contribution < -0.4 is 9.80 Å². The monoisotopic (exact) mass is 401 g/mol. The van der Waals surface area contributed by atoms with Crippen LogP contribution in [0.15, 0.2) is 85.1 Å². The van der Waals surface area contributed by atoms with E-state index in [0.29, 0.717) is 0 Å². The first kappa shape index (κ1) is 19.0. The molecule has 0 saturated carbocycles. The van der Waals surface area contributed by atoms with Crippen molar-refractivity contribution in [2.24, 2.45) is 0 Å². The lowest BCUT2D eigenvalue weighted by atomic mass is 9.96. The zero-order valence-electron chi connectivity index (χ0n) is 17.1. The Labute approximate surface area is 176 Å². The number of aromatic nitrogens is 1. The van der Waals surface area contributed by atoms with Gasteiger partial charge in [0.2, 0.25) is 0 Å². The maximum absolute atomic E-state index is 13.5. The molecule has 2 heterocycles. The third-order valence-electron chi connectivity index (χ3n) is 6.46. The second kappa shape index (κ2) is 8.42. The molecule has 1 atom stereocenters. The van der Waals surface area contributed by atoms with E-state index in [1.54, 1.807) is 21.9 Å². The number of aromatic amines is 1. The van der Waals surface area contributed by atoms with Gasteiger partial charge in [0.15, 0.2) is 0 Å². The van der Waals surface area contributed by atoms with Crippen LogP contribution >= 0.6 is 0 Å². The van der Waals surface area contributed by atoms with Crippen molar-refractivity contribution in [1.29, 1.82) is 0 Å². The fourth-order valence-electron chi connectivity index (χ4n) is 4.90. The van der Waals surface area contributed by atoms with E-state index >= 15 is 0 Å². The molecule has 3 nitrogen and oxygen atoms in total. The number of hydrogen-bond donors (Lipinski definition) is 3. The van der Waals surface area contributed by atoms with E-state index in [2.05, 4.69) is 65.8 Å². The summed E-state index contributed by atoms with van der Waals surface area (Å²) >= 11 is 0. The summed E-state index contributed by atoms with van der Waals surface area (Å²) in [4.78, 5) is 6.60. The van der Waals surface area contributed by atoms with Gasteiger partial charge in [-0.05, 0) is 30.3 Å². The van der Waals surface area contributed by atoms with Crippen molar-refractivity contribution in [2.75, 3.05) is 26.2 Å². The van der Waals surface area contributed by atoms with Crippen LogP contribution in [-0.2, 0) is 6.54 Å². The summed E-state index contributed by atoms with van der Waals surface area (Å²) < 4.78 is 13.5. The van der Waals surface area contributed by atoms with Gasteiger partial charge in [0, 0.05) is 33.8 Å².